The summed E-state index contributed by atoms with van der Waals surface area (Å²) in [5, 5.41) is 9.01. The molecule has 0 spiro atoms. The summed E-state index contributed by atoms with van der Waals surface area (Å²) < 4.78 is 4.95. The molecule has 7 nitrogen and oxygen atoms in total. The Hall–Kier alpha value is -2.94. The molecule has 3 atom stereocenters. The molecular weight excluding hydrogens is 508 g/mol. The van der Waals surface area contributed by atoms with Gasteiger partial charge >= 0.3 is 5.97 Å². The highest BCUT2D eigenvalue weighted by Crippen LogP contribution is 2.21. The number of carbonyl (C=O) groups excluding carboxylic acids is 2. The van der Waals surface area contributed by atoms with Crippen LogP contribution in [0.4, 0.5) is 0 Å². The van der Waals surface area contributed by atoms with E-state index in [0.717, 1.165) is 17.7 Å². The van der Waals surface area contributed by atoms with E-state index in [2.05, 4.69) is 70.8 Å². The minimum absolute atomic E-state index is 0.158. The molecule has 0 aliphatic carbocycles. The zero-order chi connectivity index (χ0) is 28.0. The molecule has 8 heteroatoms. The normalized spacial score (nSPS) is 13.7. The third-order valence-corrected chi connectivity index (χ3v) is 7.79. The van der Waals surface area contributed by atoms with Gasteiger partial charge in [-0.05, 0) is 52.3 Å². The quantitative estimate of drug-likeness (QED) is 0.251. The molecule has 2 N–H and O–H groups in total. The zero-order valence-electron chi connectivity index (χ0n) is 23.6. The number of pyridine rings is 1. The fourth-order valence-electron chi connectivity index (χ4n) is 4.69. The first kappa shape index (κ1) is 30.6. The second kappa shape index (κ2) is 16.2. The molecule has 39 heavy (non-hydrogen) atoms. The van der Waals surface area contributed by atoms with E-state index in [1.165, 1.54) is 23.4 Å². The molecule has 0 bridgehead atoms. The average molecular weight is 551 g/mol. The van der Waals surface area contributed by atoms with Gasteiger partial charge in [-0.15, -0.1) is 0 Å². The number of hydrogen-bond acceptors (Lipinski definition) is 7. The van der Waals surface area contributed by atoms with E-state index in [0.29, 0.717) is 32.0 Å². The number of esters is 1. The number of benzene rings is 2. The summed E-state index contributed by atoms with van der Waals surface area (Å²) in [5.74, 6) is 0.563. The van der Waals surface area contributed by atoms with Crippen molar-refractivity contribution in [1.29, 1.82) is 0 Å². The minimum atomic E-state index is -0.650. The number of fused-ring (bicyclic) bond motifs is 1. The van der Waals surface area contributed by atoms with Crippen LogP contribution < -0.4 is 10.6 Å². The van der Waals surface area contributed by atoms with Crippen molar-refractivity contribution in [1.82, 2.24) is 20.5 Å². The van der Waals surface area contributed by atoms with E-state index < -0.39 is 12.0 Å². The topological polar surface area (TPSA) is 83.6 Å². The number of methoxy groups -OCH3 is 1. The van der Waals surface area contributed by atoms with Crippen LogP contribution in [0.2, 0.25) is 0 Å². The first-order valence-electron chi connectivity index (χ1n) is 13.6. The van der Waals surface area contributed by atoms with Crippen LogP contribution in [-0.2, 0) is 27.4 Å². The molecule has 0 fully saturated rings. The van der Waals surface area contributed by atoms with Crippen LogP contribution in [0.3, 0.4) is 0 Å². The Bertz CT molecular complexity index is 1170. The van der Waals surface area contributed by atoms with Crippen molar-refractivity contribution in [3.8, 4) is 0 Å². The maximum absolute atomic E-state index is 13.3. The van der Waals surface area contributed by atoms with Crippen LogP contribution in [0, 0.1) is 5.92 Å². The zero-order valence-corrected chi connectivity index (χ0v) is 24.4. The highest BCUT2D eigenvalue weighted by Gasteiger charge is 2.25. The van der Waals surface area contributed by atoms with Gasteiger partial charge in [0.15, 0.2) is 0 Å². The Morgan fingerprint density at radius 3 is 2.62 bits per heavy atom. The van der Waals surface area contributed by atoms with E-state index in [1.807, 2.05) is 30.7 Å². The lowest BCUT2D eigenvalue weighted by Crippen LogP contribution is -2.50. The van der Waals surface area contributed by atoms with Gasteiger partial charge in [0, 0.05) is 38.1 Å². The lowest BCUT2D eigenvalue weighted by atomic mass is 9.97. The fraction of sp³-hybridized carbons (Fsp3) is 0.452. The average Bonchev–Trinajstić information content (AvgIpc) is 2.97. The van der Waals surface area contributed by atoms with Gasteiger partial charge in [0.1, 0.15) is 6.04 Å². The van der Waals surface area contributed by atoms with Gasteiger partial charge in [0.2, 0.25) is 5.91 Å². The molecule has 3 rings (SSSR count). The van der Waals surface area contributed by atoms with Crippen molar-refractivity contribution < 1.29 is 14.3 Å². The number of nitrogens with zero attached hydrogens (tertiary/aromatic N) is 2. The number of nitrogens with one attached hydrogen (secondary N) is 2. The Morgan fingerprint density at radius 1 is 1.10 bits per heavy atom. The van der Waals surface area contributed by atoms with Crippen molar-refractivity contribution in [2.24, 2.45) is 5.92 Å². The molecule has 3 aromatic rings. The summed E-state index contributed by atoms with van der Waals surface area (Å²) in [6.45, 7) is 6.61. The molecule has 0 saturated carbocycles. The number of thioether (sulfide) groups is 1. The molecule has 210 valence electrons. The molecular formula is C31H42N4O3S. The lowest BCUT2D eigenvalue weighted by Gasteiger charge is -2.32. The molecule has 2 aromatic carbocycles. The largest absolute Gasteiger partial charge is 0.467 e. The second-order valence-electron chi connectivity index (χ2n) is 9.97. The summed E-state index contributed by atoms with van der Waals surface area (Å²) in [5.41, 5.74) is 2.29. The van der Waals surface area contributed by atoms with E-state index in [4.69, 9.17) is 4.74 Å². The molecule has 0 aliphatic rings. The van der Waals surface area contributed by atoms with Crippen LogP contribution in [0.25, 0.3) is 10.8 Å². The lowest BCUT2D eigenvalue weighted by molar-refractivity contribution is -0.145. The minimum Gasteiger partial charge on any atom is -0.467 e. The van der Waals surface area contributed by atoms with Crippen LogP contribution in [0.15, 0.2) is 67.0 Å². The molecule has 1 amide bonds. The van der Waals surface area contributed by atoms with Gasteiger partial charge in [-0.3, -0.25) is 14.7 Å². The van der Waals surface area contributed by atoms with Crippen LogP contribution in [-0.4, -0.2) is 66.1 Å². The van der Waals surface area contributed by atoms with Gasteiger partial charge in [-0.1, -0.05) is 68.8 Å². The Balaban J connectivity index is 1.82. The second-order valence-corrected chi connectivity index (χ2v) is 11.0. The van der Waals surface area contributed by atoms with Crippen LogP contribution in [0.5, 0.6) is 0 Å². The third kappa shape index (κ3) is 9.64. The predicted octanol–water partition coefficient (Wildman–Crippen LogP) is 4.65. The summed E-state index contributed by atoms with van der Waals surface area (Å²) in [4.78, 5) is 32.1. The smallest absolute Gasteiger partial charge is 0.328 e. The molecule has 1 aromatic heterocycles. The third-order valence-electron chi connectivity index (χ3n) is 7.15. The van der Waals surface area contributed by atoms with Gasteiger partial charge in [0.05, 0.1) is 13.7 Å². The van der Waals surface area contributed by atoms with Crippen molar-refractivity contribution in [2.45, 2.75) is 51.9 Å². The summed E-state index contributed by atoms with van der Waals surface area (Å²) in [6, 6.07) is 18.2. The van der Waals surface area contributed by atoms with E-state index in [-0.39, 0.29) is 18.5 Å². The maximum Gasteiger partial charge on any atom is 0.328 e. The van der Waals surface area contributed by atoms with E-state index in [1.54, 1.807) is 18.0 Å². The molecule has 3 unspecified atom stereocenters. The predicted molar refractivity (Wildman–Crippen MR) is 160 cm³/mol. The van der Waals surface area contributed by atoms with Crippen molar-refractivity contribution in [3.05, 3.63) is 78.1 Å². The number of aromatic nitrogens is 1. The van der Waals surface area contributed by atoms with Gasteiger partial charge < -0.3 is 15.4 Å². The number of hydrogen-bond donors (Lipinski definition) is 2. The standard InChI is InChI=1S/C31H42N4O3S/c1-5-23(2)29(33-19-24-10-9-16-32-18-24)21-35(20-26-13-8-12-25-11-6-7-14-27(25)26)22-30(36)34-28(15-17-39-4)31(37)38-3/h6-14,16,18,23,28-29,33H,5,15,17,19-22H2,1-4H3,(H,34,36). The van der Waals surface area contributed by atoms with Crippen LogP contribution >= 0.6 is 11.8 Å². The number of carbonyl (C=O) groups is 2. The van der Waals surface area contributed by atoms with Gasteiger partial charge in [0.25, 0.3) is 0 Å². The summed E-state index contributed by atoms with van der Waals surface area (Å²) >= 11 is 1.64. The van der Waals surface area contributed by atoms with Crippen molar-refractivity contribution in [2.75, 3.05) is 32.2 Å². The van der Waals surface area contributed by atoms with Gasteiger partial charge in [-0.2, -0.15) is 11.8 Å². The Labute approximate surface area is 237 Å². The SMILES string of the molecule is CCC(C)C(CN(CC(=O)NC(CCSC)C(=O)OC)Cc1cccc2ccccc12)NCc1cccnc1. The van der Waals surface area contributed by atoms with Crippen molar-refractivity contribution >= 4 is 34.4 Å². The Kier molecular flexibility index (Phi) is 12.7. The molecule has 0 aliphatic heterocycles. The summed E-state index contributed by atoms with van der Waals surface area (Å²) in [7, 11) is 1.36. The molecule has 0 saturated heterocycles. The van der Waals surface area contributed by atoms with Crippen molar-refractivity contribution in [3.63, 3.8) is 0 Å². The van der Waals surface area contributed by atoms with E-state index in [9.17, 15) is 9.59 Å². The fourth-order valence-corrected chi connectivity index (χ4v) is 5.16. The number of amides is 1. The molecule has 1 heterocycles. The maximum atomic E-state index is 13.3. The highest BCUT2D eigenvalue weighted by atomic mass is 32.2. The number of rotatable bonds is 16. The first-order valence-corrected chi connectivity index (χ1v) is 15.0. The molecule has 0 radical (unpaired) electrons. The van der Waals surface area contributed by atoms with E-state index >= 15 is 0 Å². The van der Waals surface area contributed by atoms with Crippen LogP contribution in [0.1, 0.15) is 37.8 Å². The number of ether oxygens (including phenoxy) is 1. The Morgan fingerprint density at radius 2 is 1.90 bits per heavy atom. The monoisotopic (exact) mass is 550 g/mol. The first-order chi connectivity index (χ1) is 18.9. The highest BCUT2D eigenvalue weighted by molar-refractivity contribution is 7.98. The van der Waals surface area contributed by atoms with Gasteiger partial charge in [-0.25, -0.2) is 4.79 Å². The summed E-state index contributed by atoms with van der Waals surface area (Å²) in [6.07, 6.45) is 7.18.